The van der Waals surface area contributed by atoms with E-state index < -0.39 is 59.1 Å². The molecule has 0 saturated heterocycles. The molecule has 13 nitrogen and oxygen atoms in total. The van der Waals surface area contributed by atoms with Gasteiger partial charge in [0.25, 0.3) is 0 Å². The fraction of sp³-hybridized carbons (Fsp3) is 0.535. The van der Waals surface area contributed by atoms with Crippen molar-refractivity contribution in [3.05, 3.63) is 54.6 Å². The summed E-state index contributed by atoms with van der Waals surface area (Å²) >= 11 is 0. The van der Waals surface area contributed by atoms with Gasteiger partial charge in [-0.15, -0.1) is 0 Å². The van der Waals surface area contributed by atoms with Crippen molar-refractivity contribution < 1.29 is 38.6 Å². The number of rotatable bonds is 15. The smallest absolute Gasteiger partial charge is 0.326 e. The molecule has 2 aromatic carbocycles. The van der Waals surface area contributed by atoms with Crippen LogP contribution in [0.4, 0.5) is 0 Å². The second kappa shape index (κ2) is 18.6. The van der Waals surface area contributed by atoms with Gasteiger partial charge in [0.2, 0.25) is 23.6 Å². The number of ether oxygens (including phenoxy) is 2. The molecule has 0 radical (unpaired) electrons. The Bertz CT molecular complexity index is 1870. The van der Waals surface area contributed by atoms with Gasteiger partial charge in [-0.25, -0.2) is 9.78 Å². The van der Waals surface area contributed by atoms with E-state index in [9.17, 15) is 29.1 Å². The molecule has 56 heavy (non-hydrogen) atoms. The molecule has 5 rings (SSSR count). The molecule has 302 valence electrons. The molecule has 0 spiro atoms. The van der Waals surface area contributed by atoms with Gasteiger partial charge in [-0.05, 0) is 49.7 Å². The molecule has 0 bridgehead atoms. The molecule has 0 unspecified atom stereocenters. The molecular weight excluding hydrogens is 714 g/mol. The van der Waals surface area contributed by atoms with Gasteiger partial charge in [-0.1, -0.05) is 83.7 Å². The number of hydrogen-bond acceptors (Lipinski definition) is 8. The molecule has 2 saturated carbocycles. The van der Waals surface area contributed by atoms with Gasteiger partial charge in [0.1, 0.15) is 29.7 Å². The molecule has 2 fully saturated rings. The van der Waals surface area contributed by atoms with Crippen LogP contribution in [0.1, 0.15) is 85.5 Å². The number of aliphatic carboxylic acids is 1. The lowest BCUT2D eigenvalue weighted by Gasteiger charge is -2.33. The van der Waals surface area contributed by atoms with E-state index in [2.05, 4.69) is 16.0 Å². The number of carboxylic acids is 1. The van der Waals surface area contributed by atoms with Gasteiger partial charge in [-0.2, -0.15) is 0 Å². The van der Waals surface area contributed by atoms with Crippen LogP contribution < -0.4 is 25.4 Å². The lowest BCUT2D eigenvalue weighted by molar-refractivity contribution is -0.143. The Balaban J connectivity index is 1.39. The lowest BCUT2D eigenvalue weighted by Crippen LogP contribution is -2.57. The van der Waals surface area contributed by atoms with Gasteiger partial charge >= 0.3 is 5.97 Å². The number of carboxylic acid groups (broad SMARTS) is 1. The Morgan fingerprint density at radius 3 is 2.20 bits per heavy atom. The number of nitrogens with zero attached hydrogens (tertiary/aromatic N) is 2. The molecule has 4 N–H and O–H groups in total. The minimum Gasteiger partial charge on any atom is -0.497 e. The van der Waals surface area contributed by atoms with Crippen LogP contribution in [0, 0.1) is 17.3 Å². The quantitative estimate of drug-likeness (QED) is 0.156. The molecule has 5 atom stereocenters. The van der Waals surface area contributed by atoms with Crippen LogP contribution in [0.15, 0.2) is 54.6 Å². The first kappa shape index (κ1) is 42.0. The molecule has 0 aliphatic heterocycles. The van der Waals surface area contributed by atoms with Crippen molar-refractivity contribution in [3.8, 4) is 22.8 Å². The first-order valence-corrected chi connectivity index (χ1v) is 19.8. The second-order valence-corrected chi connectivity index (χ2v) is 16.2. The highest BCUT2D eigenvalue weighted by Gasteiger charge is 2.46. The zero-order valence-corrected chi connectivity index (χ0v) is 33.4. The average Bonchev–Trinajstić information content (AvgIpc) is 3.62. The molecule has 4 amide bonds. The summed E-state index contributed by atoms with van der Waals surface area (Å²) < 4.78 is 12.1. The number of fused-ring (bicyclic) bond motifs is 1. The summed E-state index contributed by atoms with van der Waals surface area (Å²) in [5.74, 6) is -3.75. The Morgan fingerprint density at radius 1 is 0.929 bits per heavy atom. The third kappa shape index (κ3) is 10.3. The first-order chi connectivity index (χ1) is 26.7. The number of methoxy groups -OCH3 is 1. The molecular formula is C43H57N5O8. The molecule has 1 aromatic heterocycles. The van der Waals surface area contributed by atoms with Crippen molar-refractivity contribution in [3.63, 3.8) is 0 Å². The average molecular weight is 772 g/mol. The van der Waals surface area contributed by atoms with Gasteiger partial charge in [0.15, 0.2) is 0 Å². The fourth-order valence-corrected chi connectivity index (χ4v) is 7.81. The third-order valence-corrected chi connectivity index (χ3v) is 11.1. The summed E-state index contributed by atoms with van der Waals surface area (Å²) in [7, 11) is 3.34. The minimum atomic E-state index is -1.16. The predicted molar refractivity (Wildman–Crippen MR) is 213 cm³/mol. The van der Waals surface area contributed by atoms with E-state index in [1.54, 1.807) is 25.1 Å². The molecule has 2 aliphatic carbocycles. The largest absolute Gasteiger partial charge is 0.497 e. The van der Waals surface area contributed by atoms with E-state index >= 15 is 0 Å². The summed E-state index contributed by atoms with van der Waals surface area (Å²) in [5, 5.41) is 18.9. The third-order valence-electron chi connectivity index (χ3n) is 11.1. The van der Waals surface area contributed by atoms with Crippen LogP contribution in [-0.2, 0) is 24.0 Å². The Kier molecular flexibility index (Phi) is 14.0. The molecule has 13 heteroatoms. The van der Waals surface area contributed by atoms with E-state index in [1.807, 2.05) is 76.2 Å². The molecule has 1 heterocycles. The number of carbonyl (C=O) groups excluding carboxylic acids is 4. The number of hydrogen-bond donors (Lipinski definition) is 4. The number of pyridine rings is 1. The molecule has 3 aromatic rings. The number of carbonyl (C=O) groups is 5. The van der Waals surface area contributed by atoms with Gasteiger partial charge < -0.3 is 35.4 Å². The Morgan fingerprint density at radius 2 is 1.59 bits per heavy atom. The topological polar surface area (TPSA) is 176 Å². The SMILES string of the molecule is CCC[C@H](NC(=O)[C@@H]1C[C@@H](Oc2cc(-c3ccccc3)nc3cc(OC)ccc23)C[C@H]1C(=O)N[C@H](C(=O)NCC(=O)N(C)C1CCCCC1)C(C)(C)C)C(=O)O. The normalized spacial score (nSPS) is 19.7. The highest BCUT2D eigenvalue weighted by molar-refractivity contribution is 5.95. The second-order valence-electron chi connectivity index (χ2n) is 16.2. The lowest BCUT2D eigenvalue weighted by atomic mass is 9.85. The standard InChI is InChI=1S/C43H57N5O8/c1-7-14-33(42(53)54)46-39(50)31-21-29(56-36-24-34(26-15-10-8-11-16-26)45-35-23-28(55-6)19-20-30(35)36)22-32(31)40(51)47-38(43(2,3)4)41(52)44-25-37(49)48(5)27-17-12-9-13-18-27/h8,10-11,15-16,19-20,23-24,27,29,31-33,38H,7,9,12-14,17-18,21-22,25H2,1-6H3,(H,44,52)(H,46,50)(H,47,51)(H,53,54)/t29-,31-,32-,33+,38-/m1/s1. The number of likely N-dealkylation sites (N-methyl/N-ethyl adjacent to an activating group) is 1. The Labute approximate surface area is 329 Å². The maximum absolute atomic E-state index is 14.3. The van der Waals surface area contributed by atoms with E-state index in [-0.39, 0.29) is 37.8 Å². The van der Waals surface area contributed by atoms with Crippen molar-refractivity contribution in [2.75, 3.05) is 20.7 Å². The number of amides is 4. The van der Waals surface area contributed by atoms with Crippen LogP contribution in [0.25, 0.3) is 22.2 Å². The van der Waals surface area contributed by atoms with Gasteiger partial charge in [-0.3, -0.25) is 19.2 Å². The van der Waals surface area contributed by atoms with E-state index in [0.717, 1.165) is 37.7 Å². The van der Waals surface area contributed by atoms with Crippen LogP contribution in [0.2, 0.25) is 0 Å². The van der Waals surface area contributed by atoms with Crippen molar-refractivity contribution >= 4 is 40.5 Å². The fourth-order valence-electron chi connectivity index (χ4n) is 7.81. The zero-order valence-electron chi connectivity index (χ0n) is 33.4. The summed E-state index contributed by atoms with van der Waals surface area (Å²) in [5.41, 5.74) is 1.40. The maximum atomic E-state index is 14.3. The van der Waals surface area contributed by atoms with Crippen molar-refractivity contribution in [1.82, 2.24) is 25.8 Å². The summed E-state index contributed by atoms with van der Waals surface area (Å²) in [4.78, 5) is 73.6. The van der Waals surface area contributed by atoms with Crippen molar-refractivity contribution in [2.45, 2.75) is 110 Å². The highest BCUT2D eigenvalue weighted by atomic mass is 16.5. The first-order valence-electron chi connectivity index (χ1n) is 19.8. The van der Waals surface area contributed by atoms with E-state index in [4.69, 9.17) is 14.5 Å². The number of nitrogens with one attached hydrogen (secondary N) is 3. The monoisotopic (exact) mass is 771 g/mol. The van der Waals surface area contributed by atoms with Crippen molar-refractivity contribution in [2.24, 2.45) is 17.3 Å². The van der Waals surface area contributed by atoms with Crippen LogP contribution in [-0.4, -0.2) is 89.5 Å². The van der Waals surface area contributed by atoms with Crippen LogP contribution in [0.5, 0.6) is 11.5 Å². The maximum Gasteiger partial charge on any atom is 0.326 e. The summed E-state index contributed by atoms with van der Waals surface area (Å²) in [6, 6.07) is 14.9. The minimum absolute atomic E-state index is 0.122. The predicted octanol–water partition coefficient (Wildman–Crippen LogP) is 5.49. The zero-order chi connectivity index (χ0) is 40.6. The summed E-state index contributed by atoms with van der Waals surface area (Å²) in [6.07, 6.45) is 5.53. The number of benzene rings is 2. The Hall–Kier alpha value is -5.20. The summed E-state index contributed by atoms with van der Waals surface area (Å²) in [6.45, 7) is 7.07. The van der Waals surface area contributed by atoms with Gasteiger partial charge in [0.05, 0.1) is 36.7 Å². The van der Waals surface area contributed by atoms with Crippen LogP contribution >= 0.6 is 0 Å². The van der Waals surface area contributed by atoms with Crippen LogP contribution in [0.3, 0.4) is 0 Å². The number of aromatic nitrogens is 1. The molecule has 2 aliphatic rings. The van der Waals surface area contributed by atoms with E-state index in [1.165, 1.54) is 0 Å². The van der Waals surface area contributed by atoms with Gasteiger partial charge in [0, 0.05) is 36.2 Å². The highest BCUT2D eigenvalue weighted by Crippen LogP contribution is 2.39. The van der Waals surface area contributed by atoms with E-state index in [0.29, 0.717) is 34.5 Å². The van der Waals surface area contributed by atoms with Crippen molar-refractivity contribution in [1.29, 1.82) is 0 Å².